The monoisotopic (exact) mass is 296 g/mol. The van der Waals surface area contributed by atoms with Gasteiger partial charge in [-0.1, -0.05) is 48.0 Å². The van der Waals surface area contributed by atoms with Gasteiger partial charge in [-0.2, -0.15) is 0 Å². The predicted octanol–water partition coefficient (Wildman–Crippen LogP) is 5.15. The van der Waals surface area contributed by atoms with Crippen LogP contribution < -0.4 is 5.43 Å². The second-order valence-electron chi connectivity index (χ2n) is 4.71. The van der Waals surface area contributed by atoms with Crippen molar-refractivity contribution in [1.82, 2.24) is 0 Å². The normalized spacial score (nSPS) is 11.3. The number of rotatable bonds is 2. The average molecular weight is 297 g/mol. The Kier molecular flexibility index (Phi) is 3.63. The van der Waals surface area contributed by atoms with E-state index in [9.17, 15) is 4.79 Å². The summed E-state index contributed by atoms with van der Waals surface area (Å²) in [5.74, 6) is 0.520. The fourth-order valence-corrected chi connectivity index (χ4v) is 2.48. The largest absolute Gasteiger partial charge is 0.455 e. The molecular formula is C18H13ClO2. The van der Waals surface area contributed by atoms with Crippen LogP contribution in [-0.4, -0.2) is 0 Å². The highest BCUT2D eigenvalue weighted by Gasteiger charge is 2.09. The summed E-state index contributed by atoms with van der Waals surface area (Å²) < 4.78 is 5.96. The fourth-order valence-electron chi connectivity index (χ4n) is 2.29. The van der Waals surface area contributed by atoms with Gasteiger partial charge in [-0.25, -0.2) is 0 Å². The van der Waals surface area contributed by atoms with E-state index in [1.54, 1.807) is 18.2 Å². The van der Waals surface area contributed by atoms with Crippen molar-refractivity contribution in [3.63, 3.8) is 0 Å². The van der Waals surface area contributed by atoms with Crippen LogP contribution in [0.4, 0.5) is 0 Å². The first kappa shape index (κ1) is 13.7. The van der Waals surface area contributed by atoms with Gasteiger partial charge in [-0.3, -0.25) is 4.79 Å². The van der Waals surface area contributed by atoms with Crippen LogP contribution in [0, 0.1) is 0 Å². The number of allylic oxidation sites excluding steroid dienone is 1. The lowest BCUT2D eigenvalue weighted by molar-refractivity contribution is 0.618. The molecule has 3 aromatic rings. The molecule has 1 heterocycles. The number of hydrogen-bond acceptors (Lipinski definition) is 2. The highest BCUT2D eigenvalue weighted by Crippen LogP contribution is 2.26. The lowest BCUT2D eigenvalue weighted by Gasteiger charge is -2.06. The molecule has 3 heteroatoms. The highest BCUT2D eigenvalue weighted by atomic mass is 35.5. The Morgan fingerprint density at radius 2 is 1.90 bits per heavy atom. The van der Waals surface area contributed by atoms with Gasteiger partial charge in [0.05, 0.1) is 5.39 Å². The molecule has 21 heavy (non-hydrogen) atoms. The number of hydrogen-bond donors (Lipinski definition) is 0. The Bertz CT molecular complexity index is 891. The van der Waals surface area contributed by atoms with E-state index in [0.717, 1.165) is 11.1 Å². The van der Waals surface area contributed by atoms with E-state index in [1.807, 2.05) is 43.3 Å². The van der Waals surface area contributed by atoms with Crippen LogP contribution in [0.5, 0.6) is 0 Å². The summed E-state index contributed by atoms with van der Waals surface area (Å²) in [6.07, 6.45) is 3.84. The Hall–Kier alpha value is -2.32. The van der Waals surface area contributed by atoms with Crippen LogP contribution in [0.1, 0.15) is 12.5 Å². The number of fused-ring (bicyclic) bond motifs is 1. The van der Waals surface area contributed by atoms with Gasteiger partial charge < -0.3 is 4.42 Å². The standard InChI is InChI=1S/C18H13ClO2/c1-2-5-12-6-4-9-15-16(20)11-17(21-18(12)15)13-7-3-8-14(19)10-13/h2-11H,1H3/b5-2-. The zero-order valence-corrected chi connectivity index (χ0v) is 12.2. The second kappa shape index (κ2) is 5.58. The molecule has 0 fully saturated rings. The zero-order chi connectivity index (χ0) is 14.8. The van der Waals surface area contributed by atoms with Crippen LogP contribution >= 0.6 is 11.6 Å². The van der Waals surface area contributed by atoms with Gasteiger partial charge in [-0.05, 0) is 25.1 Å². The smallest absolute Gasteiger partial charge is 0.193 e. The van der Waals surface area contributed by atoms with E-state index in [1.165, 1.54) is 6.07 Å². The molecule has 0 saturated heterocycles. The molecule has 0 aliphatic rings. The minimum Gasteiger partial charge on any atom is -0.455 e. The molecule has 0 aliphatic carbocycles. The molecule has 0 amide bonds. The van der Waals surface area contributed by atoms with Crippen LogP contribution in [0.15, 0.2) is 63.8 Å². The van der Waals surface area contributed by atoms with Gasteiger partial charge in [0.1, 0.15) is 11.3 Å². The Labute approximate surface area is 127 Å². The van der Waals surface area contributed by atoms with Crippen molar-refractivity contribution in [2.45, 2.75) is 6.92 Å². The van der Waals surface area contributed by atoms with Gasteiger partial charge in [0.25, 0.3) is 0 Å². The SMILES string of the molecule is C/C=C\c1cccc2c(=O)cc(-c3cccc(Cl)c3)oc12. The first-order valence-corrected chi connectivity index (χ1v) is 7.02. The van der Waals surface area contributed by atoms with Gasteiger partial charge >= 0.3 is 0 Å². The van der Waals surface area contributed by atoms with E-state index in [-0.39, 0.29) is 5.43 Å². The topological polar surface area (TPSA) is 30.2 Å². The summed E-state index contributed by atoms with van der Waals surface area (Å²) in [6.45, 7) is 1.93. The van der Waals surface area contributed by atoms with Crippen LogP contribution in [0.2, 0.25) is 5.02 Å². The summed E-state index contributed by atoms with van der Waals surface area (Å²) in [4.78, 5) is 12.3. The van der Waals surface area contributed by atoms with Crippen molar-refractivity contribution in [2.24, 2.45) is 0 Å². The molecule has 0 saturated carbocycles. The lowest BCUT2D eigenvalue weighted by Crippen LogP contribution is -2.01. The van der Waals surface area contributed by atoms with Gasteiger partial charge in [0.2, 0.25) is 0 Å². The van der Waals surface area contributed by atoms with Crippen molar-refractivity contribution in [2.75, 3.05) is 0 Å². The van der Waals surface area contributed by atoms with Crippen molar-refractivity contribution in [3.8, 4) is 11.3 Å². The summed E-state index contributed by atoms with van der Waals surface area (Å²) in [5, 5.41) is 1.19. The third-order valence-corrected chi connectivity index (χ3v) is 3.48. The minimum absolute atomic E-state index is 0.0578. The van der Waals surface area contributed by atoms with E-state index in [2.05, 4.69) is 0 Å². The third-order valence-electron chi connectivity index (χ3n) is 3.24. The maximum Gasteiger partial charge on any atom is 0.193 e. The van der Waals surface area contributed by atoms with E-state index < -0.39 is 0 Å². The van der Waals surface area contributed by atoms with Gasteiger partial charge in [-0.15, -0.1) is 0 Å². The van der Waals surface area contributed by atoms with Crippen molar-refractivity contribution in [3.05, 3.63) is 75.4 Å². The minimum atomic E-state index is -0.0578. The number of benzene rings is 2. The maximum absolute atomic E-state index is 12.3. The average Bonchev–Trinajstić information content (AvgIpc) is 2.48. The van der Waals surface area contributed by atoms with E-state index in [4.69, 9.17) is 16.0 Å². The van der Waals surface area contributed by atoms with Crippen LogP contribution in [0.25, 0.3) is 28.4 Å². The van der Waals surface area contributed by atoms with Crippen LogP contribution in [-0.2, 0) is 0 Å². The molecule has 2 nitrogen and oxygen atoms in total. The number of para-hydroxylation sites is 1. The fraction of sp³-hybridized carbons (Fsp3) is 0.0556. The molecule has 0 atom stereocenters. The first-order valence-electron chi connectivity index (χ1n) is 6.64. The van der Waals surface area contributed by atoms with Gasteiger partial charge in [0, 0.05) is 22.2 Å². The molecule has 0 aliphatic heterocycles. The van der Waals surface area contributed by atoms with Crippen molar-refractivity contribution in [1.29, 1.82) is 0 Å². The summed E-state index contributed by atoms with van der Waals surface area (Å²) in [7, 11) is 0. The van der Waals surface area contributed by atoms with E-state index in [0.29, 0.717) is 21.8 Å². The Balaban J connectivity index is 2.31. The molecule has 0 bridgehead atoms. The highest BCUT2D eigenvalue weighted by molar-refractivity contribution is 6.30. The molecule has 104 valence electrons. The zero-order valence-electron chi connectivity index (χ0n) is 11.5. The molecule has 3 rings (SSSR count). The Morgan fingerprint density at radius 1 is 1.10 bits per heavy atom. The molecule has 2 aromatic carbocycles. The summed E-state index contributed by atoms with van der Waals surface area (Å²) in [6, 6.07) is 14.3. The number of halogens is 1. The molecule has 0 unspecified atom stereocenters. The summed E-state index contributed by atoms with van der Waals surface area (Å²) in [5.41, 5.74) is 2.21. The van der Waals surface area contributed by atoms with Gasteiger partial charge in [0.15, 0.2) is 5.43 Å². The maximum atomic E-state index is 12.3. The van der Waals surface area contributed by atoms with E-state index >= 15 is 0 Å². The second-order valence-corrected chi connectivity index (χ2v) is 5.15. The molecular weight excluding hydrogens is 284 g/mol. The van der Waals surface area contributed by atoms with Crippen LogP contribution in [0.3, 0.4) is 0 Å². The van der Waals surface area contributed by atoms with Crippen molar-refractivity contribution < 1.29 is 4.42 Å². The third kappa shape index (κ3) is 2.63. The first-order chi connectivity index (χ1) is 10.2. The van der Waals surface area contributed by atoms with Crippen molar-refractivity contribution >= 4 is 28.6 Å². The quantitative estimate of drug-likeness (QED) is 0.655. The molecule has 0 N–H and O–H groups in total. The molecule has 0 spiro atoms. The Morgan fingerprint density at radius 3 is 2.67 bits per heavy atom. The molecule has 0 radical (unpaired) electrons. The molecule has 1 aromatic heterocycles. The summed E-state index contributed by atoms with van der Waals surface area (Å²) >= 11 is 6.00. The lowest BCUT2D eigenvalue weighted by atomic mass is 10.1. The predicted molar refractivity (Wildman–Crippen MR) is 87.6 cm³/mol.